The Labute approximate surface area is 370 Å². The molecule has 0 bridgehead atoms. The molecule has 0 aliphatic rings. The Hall–Kier alpha value is -7.98. The van der Waals surface area contributed by atoms with E-state index >= 15 is 0 Å². The molecule has 0 aliphatic heterocycles. The Bertz CT molecular complexity index is 3560. The van der Waals surface area contributed by atoms with E-state index in [1.54, 1.807) is 0 Å². The van der Waals surface area contributed by atoms with Gasteiger partial charge in [0.1, 0.15) is 0 Å². The molecule has 10 aromatic carbocycles. The van der Waals surface area contributed by atoms with Crippen molar-refractivity contribution in [2.75, 3.05) is 4.90 Å². The van der Waals surface area contributed by atoms with Gasteiger partial charge >= 0.3 is 0 Å². The Morgan fingerprint density at radius 3 is 1.60 bits per heavy atom. The number of fused-ring (bicyclic) bond motifs is 6. The van der Waals surface area contributed by atoms with Crippen LogP contribution in [0, 0.1) is 0 Å². The summed E-state index contributed by atoms with van der Waals surface area (Å²) in [5, 5.41) is 5.09. The average molecular weight is 821 g/mol. The summed E-state index contributed by atoms with van der Waals surface area (Å²) in [6.45, 7) is 0. The molecular weight excluding hydrogens is 781 g/mol. The van der Waals surface area contributed by atoms with E-state index in [9.17, 15) is 0 Å². The molecule has 0 amide bonds. The summed E-state index contributed by atoms with van der Waals surface area (Å²) >= 11 is 1.85. The van der Waals surface area contributed by atoms with Crippen LogP contribution < -0.4 is 4.90 Å². The lowest BCUT2D eigenvalue weighted by atomic mass is 9.97. The van der Waals surface area contributed by atoms with Crippen LogP contribution in [0.1, 0.15) is 0 Å². The third-order valence-electron chi connectivity index (χ3n) is 12.4. The lowest BCUT2D eigenvalue weighted by molar-refractivity contribution is 1.18. The molecule has 0 aliphatic carbocycles. The summed E-state index contributed by atoms with van der Waals surface area (Å²) in [6.07, 6.45) is 0. The standard InChI is InChI=1S/C60H40N2S/c1-2-15-41(16-3-1)42-29-31-44(32-30-42)49-19-4-9-24-55(49)61(48-37-38-60-54(40-48)53-23-8-13-28-59(53)63-60)47-35-33-43(34-36-47)45-17-14-18-46(39-45)50-20-5-10-25-56(50)62-57-26-11-6-21-51(57)52-22-7-12-27-58(52)62/h1-40H. The third-order valence-corrected chi connectivity index (χ3v) is 13.6. The quantitative estimate of drug-likeness (QED) is 0.148. The fraction of sp³-hybridized carbons (Fsp3) is 0. The first-order chi connectivity index (χ1) is 31.2. The van der Waals surface area contributed by atoms with Crippen molar-refractivity contribution in [2.24, 2.45) is 0 Å². The zero-order valence-corrected chi connectivity index (χ0v) is 35.2. The van der Waals surface area contributed by atoms with Crippen molar-refractivity contribution < 1.29 is 0 Å². The Balaban J connectivity index is 0.956. The molecule has 12 rings (SSSR count). The summed E-state index contributed by atoms with van der Waals surface area (Å²) < 4.78 is 5.01. The molecule has 0 unspecified atom stereocenters. The lowest BCUT2D eigenvalue weighted by Gasteiger charge is -2.28. The van der Waals surface area contributed by atoms with Crippen LogP contribution in [-0.2, 0) is 0 Å². The number of thiophene rings is 1. The van der Waals surface area contributed by atoms with Crippen molar-refractivity contribution in [1.82, 2.24) is 4.57 Å². The average Bonchev–Trinajstić information content (AvgIpc) is 3.90. The molecule has 296 valence electrons. The minimum atomic E-state index is 1.10. The third kappa shape index (κ3) is 6.50. The number of para-hydroxylation sites is 4. The number of anilines is 3. The Kier molecular flexibility index (Phi) is 9.06. The maximum absolute atomic E-state index is 2.43. The van der Waals surface area contributed by atoms with Crippen LogP contribution in [-0.4, -0.2) is 4.57 Å². The molecule has 0 N–H and O–H groups in total. The summed E-state index contributed by atoms with van der Waals surface area (Å²) in [6, 6.07) is 88.4. The maximum Gasteiger partial charge on any atom is 0.0541 e. The first-order valence-electron chi connectivity index (χ1n) is 21.5. The number of hydrogen-bond donors (Lipinski definition) is 0. The fourth-order valence-electron chi connectivity index (χ4n) is 9.43. The fourth-order valence-corrected chi connectivity index (χ4v) is 10.5. The van der Waals surface area contributed by atoms with E-state index < -0.39 is 0 Å². The van der Waals surface area contributed by atoms with Crippen molar-refractivity contribution >= 4 is 70.4 Å². The normalized spacial score (nSPS) is 11.5. The summed E-state index contributed by atoms with van der Waals surface area (Å²) in [5.41, 5.74) is 16.4. The number of hydrogen-bond acceptors (Lipinski definition) is 2. The van der Waals surface area contributed by atoms with Crippen LogP contribution in [0.15, 0.2) is 243 Å². The van der Waals surface area contributed by atoms with Crippen LogP contribution >= 0.6 is 11.3 Å². The van der Waals surface area contributed by atoms with Crippen molar-refractivity contribution in [3.8, 4) is 50.2 Å². The zero-order valence-electron chi connectivity index (χ0n) is 34.4. The molecule has 2 heterocycles. The van der Waals surface area contributed by atoms with E-state index in [0.717, 1.165) is 17.1 Å². The summed E-state index contributed by atoms with van der Waals surface area (Å²) in [7, 11) is 0. The molecule has 2 nitrogen and oxygen atoms in total. The minimum absolute atomic E-state index is 1.10. The molecule has 0 saturated carbocycles. The van der Waals surface area contributed by atoms with Crippen molar-refractivity contribution in [2.45, 2.75) is 0 Å². The van der Waals surface area contributed by atoms with Crippen LogP contribution in [0.4, 0.5) is 17.1 Å². The highest BCUT2D eigenvalue weighted by Crippen LogP contribution is 2.45. The SMILES string of the molecule is c1ccc(-c2ccc(-c3ccccc3N(c3ccc(-c4cccc(-c5ccccc5-n5c6ccccc6c6ccccc65)c4)cc3)c3ccc4sc5ccccc5c4c3)cc2)cc1. The van der Waals surface area contributed by atoms with E-state index in [-0.39, 0.29) is 0 Å². The molecule has 0 spiro atoms. The minimum Gasteiger partial charge on any atom is -0.310 e. The van der Waals surface area contributed by atoms with Gasteiger partial charge in [-0.25, -0.2) is 0 Å². The molecule has 0 atom stereocenters. The molecule has 2 aromatic heterocycles. The highest BCUT2D eigenvalue weighted by Gasteiger charge is 2.20. The van der Waals surface area contributed by atoms with E-state index in [4.69, 9.17) is 0 Å². The second kappa shape index (κ2) is 15.5. The molecule has 0 saturated heterocycles. The topological polar surface area (TPSA) is 8.17 Å². The largest absolute Gasteiger partial charge is 0.310 e. The van der Waals surface area contributed by atoms with Gasteiger partial charge in [-0.3, -0.25) is 0 Å². The van der Waals surface area contributed by atoms with Crippen molar-refractivity contribution in [3.63, 3.8) is 0 Å². The number of rotatable bonds is 8. The predicted octanol–water partition coefficient (Wildman–Crippen LogP) is 17.3. The van der Waals surface area contributed by atoms with Gasteiger partial charge in [0.25, 0.3) is 0 Å². The van der Waals surface area contributed by atoms with E-state index in [2.05, 4.69) is 252 Å². The van der Waals surface area contributed by atoms with Gasteiger partial charge < -0.3 is 9.47 Å². The van der Waals surface area contributed by atoms with Gasteiger partial charge in [0.05, 0.1) is 22.4 Å². The Morgan fingerprint density at radius 1 is 0.302 bits per heavy atom. The predicted molar refractivity (Wildman–Crippen MR) is 270 cm³/mol. The van der Waals surface area contributed by atoms with Crippen LogP contribution in [0.25, 0.3) is 92.2 Å². The van der Waals surface area contributed by atoms with Crippen LogP contribution in [0.2, 0.25) is 0 Å². The number of nitrogens with zero attached hydrogens (tertiary/aromatic N) is 2. The molecule has 63 heavy (non-hydrogen) atoms. The van der Waals surface area contributed by atoms with Crippen molar-refractivity contribution in [1.29, 1.82) is 0 Å². The van der Waals surface area contributed by atoms with Crippen LogP contribution in [0.5, 0.6) is 0 Å². The van der Waals surface area contributed by atoms with Gasteiger partial charge in [-0.2, -0.15) is 0 Å². The van der Waals surface area contributed by atoms with Gasteiger partial charge in [0.2, 0.25) is 0 Å². The monoisotopic (exact) mass is 820 g/mol. The molecule has 3 heteroatoms. The lowest BCUT2D eigenvalue weighted by Crippen LogP contribution is -2.11. The molecule has 12 aromatic rings. The molecule has 0 radical (unpaired) electrons. The number of benzene rings is 10. The second-order valence-electron chi connectivity index (χ2n) is 16.1. The van der Waals surface area contributed by atoms with Gasteiger partial charge in [-0.05, 0) is 100 Å². The van der Waals surface area contributed by atoms with E-state index in [1.807, 2.05) is 11.3 Å². The molecule has 0 fully saturated rings. The van der Waals surface area contributed by atoms with Gasteiger partial charge in [0, 0.05) is 53.4 Å². The van der Waals surface area contributed by atoms with Gasteiger partial charge in [-0.1, -0.05) is 176 Å². The second-order valence-corrected chi connectivity index (χ2v) is 17.2. The van der Waals surface area contributed by atoms with Gasteiger partial charge in [-0.15, -0.1) is 11.3 Å². The molecular formula is C60H40N2S. The highest BCUT2D eigenvalue weighted by atomic mass is 32.1. The Morgan fingerprint density at radius 2 is 0.825 bits per heavy atom. The first kappa shape index (κ1) is 36.8. The van der Waals surface area contributed by atoms with Gasteiger partial charge in [0.15, 0.2) is 0 Å². The zero-order chi connectivity index (χ0) is 41.7. The highest BCUT2D eigenvalue weighted by molar-refractivity contribution is 7.25. The number of aromatic nitrogens is 1. The van der Waals surface area contributed by atoms with E-state index in [0.29, 0.717) is 0 Å². The van der Waals surface area contributed by atoms with E-state index in [1.165, 1.54) is 92.2 Å². The summed E-state index contributed by atoms with van der Waals surface area (Å²) in [5.74, 6) is 0. The summed E-state index contributed by atoms with van der Waals surface area (Å²) in [4.78, 5) is 2.43. The first-order valence-corrected chi connectivity index (χ1v) is 22.3. The maximum atomic E-state index is 2.43. The smallest absolute Gasteiger partial charge is 0.0541 e. The van der Waals surface area contributed by atoms with Crippen LogP contribution in [0.3, 0.4) is 0 Å². The van der Waals surface area contributed by atoms with Crippen molar-refractivity contribution in [3.05, 3.63) is 243 Å².